The van der Waals surface area contributed by atoms with E-state index in [1.54, 1.807) is 13.0 Å². The standard InChI is InChI=1S/C19H19NO5/c1-9-5-10-15(13(21)6-9)19(24)16-11(17(10)22)7-14(25-4)12(18(16)23)8-20(2)3/h5-7,21,23H,8H2,1-4H3. The second-order valence-corrected chi connectivity index (χ2v) is 6.43. The number of phenols is 2. The van der Waals surface area contributed by atoms with E-state index in [1.807, 2.05) is 19.0 Å². The number of hydrogen-bond donors (Lipinski definition) is 2. The molecule has 0 radical (unpaired) electrons. The van der Waals surface area contributed by atoms with Gasteiger partial charge in [0.15, 0.2) is 5.78 Å². The van der Waals surface area contributed by atoms with Gasteiger partial charge in [0.1, 0.15) is 17.2 Å². The predicted octanol–water partition coefficient (Wildman–Crippen LogP) is 2.25. The molecule has 0 unspecified atom stereocenters. The van der Waals surface area contributed by atoms with Crippen molar-refractivity contribution in [1.82, 2.24) is 4.90 Å². The highest BCUT2D eigenvalue weighted by atomic mass is 16.5. The minimum Gasteiger partial charge on any atom is -0.507 e. The summed E-state index contributed by atoms with van der Waals surface area (Å²) in [6.45, 7) is 2.06. The zero-order valence-corrected chi connectivity index (χ0v) is 14.5. The maximum absolute atomic E-state index is 12.9. The molecule has 6 heteroatoms. The zero-order valence-electron chi connectivity index (χ0n) is 14.5. The Morgan fingerprint density at radius 2 is 1.64 bits per heavy atom. The van der Waals surface area contributed by atoms with Crippen LogP contribution in [0.3, 0.4) is 0 Å². The number of aryl methyl sites for hydroxylation is 1. The highest BCUT2D eigenvalue weighted by molar-refractivity contribution is 6.30. The number of benzene rings is 2. The monoisotopic (exact) mass is 341 g/mol. The molecular formula is C19H19NO5. The summed E-state index contributed by atoms with van der Waals surface area (Å²) in [5.41, 5.74) is 1.15. The summed E-state index contributed by atoms with van der Waals surface area (Å²) in [7, 11) is 5.07. The van der Waals surface area contributed by atoms with E-state index < -0.39 is 11.6 Å². The number of aromatic hydroxyl groups is 2. The molecule has 0 heterocycles. The topological polar surface area (TPSA) is 87.1 Å². The molecular weight excluding hydrogens is 322 g/mol. The average molecular weight is 341 g/mol. The molecule has 0 aromatic heterocycles. The predicted molar refractivity (Wildman–Crippen MR) is 91.8 cm³/mol. The van der Waals surface area contributed by atoms with Crippen molar-refractivity contribution in [3.8, 4) is 17.2 Å². The second kappa shape index (κ2) is 5.89. The van der Waals surface area contributed by atoms with Crippen molar-refractivity contribution in [3.05, 3.63) is 51.6 Å². The quantitative estimate of drug-likeness (QED) is 0.760. The molecule has 6 nitrogen and oxygen atoms in total. The van der Waals surface area contributed by atoms with Gasteiger partial charge in [-0.1, -0.05) is 0 Å². The first kappa shape index (κ1) is 17.0. The van der Waals surface area contributed by atoms with Crippen molar-refractivity contribution in [3.63, 3.8) is 0 Å². The van der Waals surface area contributed by atoms with Gasteiger partial charge in [-0.25, -0.2) is 0 Å². The SMILES string of the molecule is COc1cc2c(c(O)c1CN(C)C)C(=O)c1c(O)cc(C)cc1C2=O. The largest absolute Gasteiger partial charge is 0.507 e. The lowest BCUT2D eigenvalue weighted by molar-refractivity contribution is 0.0973. The van der Waals surface area contributed by atoms with E-state index in [0.717, 1.165) is 0 Å². The maximum Gasteiger partial charge on any atom is 0.201 e. The fourth-order valence-corrected chi connectivity index (χ4v) is 3.20. The lowest BCUT2D eigenvalue weighted by Gasteiger charge is -2.23. The van der Waals surface area contributed by atoms with Crippen LogP contribution in [0, 0.1) is 6.92 Å². The molecule has 2 aromatic rings. The average Bonchev–Trinajstić information content (AvgIpc) is 2.53. The molecule has 130 valence electrons. The third-order valence-electron chi connectivity index (χ3n) is 4.26. The van der Waals surface area contributed by atoms with Gasteiger partial charge in [-0.15, -0.1) is 0 Å². The summed E-state index contributed by atoms with van der Waals surface area (Å²) >= 11 is 0. The van der Waals surface area contributed by atoms with Gasteiger partial charge in [0.25, 0.3) is 0 Å². The number of carbonyl (C=O) groups excluding carboxylic acids is 2. The van der Waals surface area contributed by atoms with E-state index in [1.165, 1.54) is 19.2 Å². The van der Waals surface area contributed by atoms with E-state index in [2.05, 4.69) is 0 Å². The van der Waals surface area contributed by atoms with Crippen molar-refractivity contribution in [2.24, 2.45) is 0 Å². The van der Waals surface area contributed by atoms with Gasteiger partial charge in [0.05, 0.1) is 23.8 Å². The van der Waals surface area contributed by atoms with E-state index in [0.29, 0.717) is 23.4 Å². The number of nitrogens with zero attached hydrogens (tertiary/aromatic N) is 1. The molecule has 0 aliphatic heterocycles. The number of phenolic OH excluding ortho intramolecular Hbond substituents is 2. The molecule has 25 heavy (non-hydrogen) atoms. The van der Waals surface area contributed by atoms with Crippen LogP contribution in [0.2, 0.25) is 0 Å². The number of carbonyl (C=O) groups is 2. The van der Waals surface area contributed by atoms with Crippen LogP contribution in [-0.4, -0.2) is 47.9 Å². The van der Waals surface area contributed by atoms with Crippen molar-refractivity contribution in [1.29, 1.82) is 0 Å². The van der Waals surface area contributed by atoms with Gasteiger partial charge in [-0.2, -0.15) is 0 Å². The van der Waals surface area contributed by atoms with E-state index in [-0.39, 0.29) is 33.8 Å². The van der Waals surface area contributed by atoms with Gasteiger partial charge in [-0.3, -0.25) is 9.59 Å². The molecule has 0 atom stereocenters. The Morgan fingerprint density at radius 1 is 1.00 bits per heavy atom. The Bertz CT molecular complexity index is 915. The number of methoxy groups -OCH3 is 1. The maximum atomic E-state index is 12.9. The molecule has 0 saturated heterocycles. The van der Waals surface area contributed by atoms with Gasteiger partial charge in [-0.05, 0) is 44.8 Å². The number of ketones is 2. The Kier molecular flexibility index (Phi) is 4.00. The first-order valence-corrected chi connectivity index (χ1v) is 7.76. The van der Waals surface area contributed by atoms with Crippen LogP contribution in [-0.2, 0) is 6.54 Å². The lowest BCUT2D eigenvalue weighted by atomic mass is 9.81. The van der Waals surface area contributed by atoms with Crippen LogP contribution in [0.4, 0.5) is 0 Å². The van der Waals surface area contributed by atoms with Crippen molar-refractivity contribution < 1.29 is 24.5 Å². The normalized spacial score (nSPS) is 13.0. The number of fused-ring (bicyclic) bond motifs is 2. The molecule has 2 aromatic carbocycles. The molecule has 3 rings (SSSR count). The summed E-state index contributed by atoms with van der Waals surface area (Å²) in [6.07, 6.45) is 0. The van der Waals surface area contributed by atoms with E-state index in [4.69, 9.17) is 4.74 Å². The second-order valence-electron chi connectivity index (χ2n) is 6.43. The first-order chi connectivity index (χ1) is 11.8. The third-order valence-corrected chi connectivity index (χ3v) is 4.26. The van der Waals surface area contributed by atoms with E-state index >= 15 is 0 Å². The summed E-state index contributed by atoms with van der Waals surface area (Å²) in [6, 6.07) is 4.47. The van der Waals surface area contributed by atoms with Gasteiger partial charge < -0.3 is 19.8 Å². The number of ether oxygens (including phenoxy) is 1. The number of rotatable bonds is 3. The minimum absolute atomic E-state index is 0.0700. The smallest absolute Gasteiger partial charge is 0.201 e. The van der Waals surface area contributed by atoms with Gasteiger partial charge >= 0.3 is 0 Å². The molecule has 2 N–H and O–H groups in total. The fourth-order valence-electron chi connectivity index (χ4n) is 3.20. The Labute approximate surface area is 145 Å². The van der Waals surface area contributed by atoms with Gasteiger partial charge in [0, 0.05) is 17.7 Å². The minimum atomic E-state index is -0.567. The van der Waals surface area contributed by atoms with Crippen LogP contribution >= 0.6 is 0 Å². The molecule has 1 aliphatic rings. The first-order valence-electron chi connectivity index (χ1n) is 7.76. The van der Waals surface area contributed by atoms with Crippen LogP contribution in [0.1, 0.15) is 43.0 Å². The molecule has 0 amide bonds. The number of hydrogen-bond acceptors (Lipinski definition) is 6. The van der Waals surface area contributed by atoms with Crippen LogP contribution in [0.15, 0.2) is 18.2 Å². The van der Waals surface area contributed by atoms with E-state index in [9.17, 15) is 19.8 Å². The zero-order chi connectivity index (χ0) is 18.5. The van der Waals surface area contributed by atoms with Crippen LogP contribution in [0.5, 0.6) is 17.2 Å². The third kappa shape index (κ3) is 2.55. The summed E-state index contributed by atoms with van der Waals surface area (Å²) < 4.78 is 5.31. The van der Waals surface area contributed by atoms with Crippen molar-refractivity contribution in [2.45, 2.75) is 13.5 Å². The Morgan fingerprint density at radius 3 is 2.24 bits per heavy atom. The summed E-state index contributed by atoms with van der Waals surface area (Å²) in [4.78, 5) is 27.6. The molecule has 1 aliphatic carbocycles. The molecule has 0 bridgehead atoms. The molecule has 0 fully saturated rings. The highest BCUT2D eigenvalue weighted by Gasteiger charge is 2.36. The van der Waals surface area contributed by atoms with Gasteiger partial charge in [0.2, 0.25) is 5.78 Å². The lowest BCUT2D eigenvalue weighted by Crippen LogP contribution is -2.23. The molecule has 0 saturated carbocycles. The fraction of sp³-hybridized carbons (Fsp3) is 0.263. The van der Waals surface area contributed by atoms with Crippen molar-refractivity contribution >= 4 is 11.6 Å². The van der Waals surface area contributed by atoms with Crippen molar-refractivity contribution in [2.75, 3.05) is 21.2 Å². The molecule has 0 spiro atoms. The van der Waals surface area contributed by atoms with Crippen LogP contribution < -0.4 is 4.74 Å². The summed E-state index contributed by atoms with van der Waals surface area (Å²) in [5, 5.41) is 20.9. The van der Waals surface area contributed by atoms with Crippen LogP contribution in [0.25, 0.3) is 0 Å². The Hall–Kier alpha value is -2.86. The Balaban J connectivity index is 2.32. The summed E-state index contributed by atoms with van der Waals surface area (Å²) in [5.74, 6) is -1.20. The highest BCUT2D eigenvalue weighted by Crippen LogP contribution is 2.42.